The monoisotopic (exact) mass is 322 g/mol. The summed E-state index contributed by atoms with van der Waals surface area (Å²) in [7, 11) is 0. The van der Waals surface area contributed by atoms with Gasteiger partial charge in [-0.25, -0.2) is 0 Å². The third-order valence-corrected chi connectivity index (χ3v) is 4.09. The van der Waals surface area contributed by atoms with Crippen LogP contribution >= 0.6 is 23.2 Å². The van der Waals surface area contributed by atoms with Crippen LogP contribution in [0.5, 0.6) is 0 Å². The molecule has 0 radical (unpaired) electrons. The van der Waals surface area contributed by atoms with E-state index in [1.165, 1.54) is 5.69 Å². The molecule has 1 aliphatic rings. The molecule has 1 fully saturated rings. The van der Waals surface area contributed by atoms with Crippen LogP contribution in [0.15, 0.2) is 36.4 Å². The molecule has 1 aromatic carbocycles. The van der Waals surface area contributed by atoms with Gasteiger partial charge in [-0.15, -0.1) is 5.10 Å². The zero-order valence-electron chi connectivity index (χ0n) is 11.5. The predicted molar refractivity (Wildman–Crippen MR) is 86.0 cm³/mol. The number of hydrogen-bond acceptors (Lipinski definition) is 4. The van der Waals surface area contributed by atoms with Crippen molar-refractivity contribution < 1.29 is 0 Å². The topological polar surface area (TPSA) is 32.3 Å². The molecule has 6 heteroatoms. The molecule has 0 N–H and O–H groups in total. The van der Waals surface area contributed by atoms with Crippen molar-refractivity contribution in [3.63, 3.8) is 0 Å². The van der Waals surface area contributed by atoms with E-state index in [-0.39, 0.29) is 0 Å². The van der Waals surface area contributed by atoms with Crippen molar-refractivity contribution in [2.45, 2.75) is 6.54 Å². The molecule has 0 aliphatic carbocycles. The maximum Gasteiger partial charge on any atom is 0.151 e. The summed E-state index contributed by atoms with van der Waals surface area (Å²) in [6, 6.07) is 11.7. The number of hydrogen-bond donors (Lipinski definition) is 0. The van der Waals surface area contributed by atoms with Gasteiger partial charge in [0.2, 0.25) is 0 Å². The molecule has 0 unspecified atom stereocenters. The fourth-order valence-electron chi connectivity index (χ4n) is 2.47. The SMILES string of the molecule is Clc1ccc(N2CCN(Cc3ccc(Cl)nn3)CC2)cc1. The lowest BCUT2D eigenvalue weighted by Crippen LogP contribution is -2.46. The van der Waals surface area contributed by atoms with Gasteiger partial charge in [0, 0.05) is 43.4 Å². The molecular formula is C15H16Cl2N4. The van der Waals surface area contributed by atoms with Crippen LogP contribution in [-0.4, -0.2) is 41.3 Å². The Kier molecular flexibility index (Phi) is 4.58. The molecule has 2 heterocycles. The first-order chi connectivity index (χ1) is 10.2. The number of halogens is 2. The minimum Gasteiger partial charge on any atom is -0.369 e. The first-order valence-electron chi connectivity index (χ1n) is 6.92. The second kappa shape index (κ2) is 6.60. The number of rotatable bonds is 3. The maximum absolute atomic E-state index is 5.93. The Hall–Kier alpha value is -1.36. The highest BCUT2D eigenvalue weighted by Gasteiger charge is 2.17. The Labute approximate surface area is 134 Å². The van der Waals surface area contributed by atoms with Gasteiger partial charge in [-0.05, 0) is 36.4 Å². The van der Waals surface area contributed by atoms with E-state index in [4.69, 9.17) is 23.2 Å². The quantitative estimate of drug-likeness (QED) is 0.869. The largest absolute Gasteiger partial charge is 0.369 e. The van der Waals surface area contributed by atoms with E-state index in [2.05, 4.69) is 32.1 Å². The van der Waals surface area contributed by atoms with Crippen LogP contribution in [-0.2, 0) is 6.54 Å². The molecule has 0 spiro atoms. The van der Waals surface area contributed by atoms with Crippen molar-refractivity contribution in [2.24, 2.45) is 0 Å². The van der Waals surface area contributed by atoms with Gasteiger partial charge in [-0.2, -0.15) is 5.10 Å². The number of piperazine rings is 1. The van der Waals surface area contributed by atoms with Crippen molar-refractivity contribution >= 4 is 28.9 Å². The average Bonchev–Trinajstić information content (AvgIpc) is 2.51. The Morgan fingerprint density at radius 3 is 2.19 bits per heavy atom. The molecule has 4 nitrogen and oxygen atoms in total. The highest BCUT2D eigenvalue weighted by Crippen LogP contribution is 2.19. The summed E-state index contributed by atoms with van der Waals surface area (Å²) in [5, 5.41) is 9.20. The van der Waals surface area contributed by atoms with Crippen LogP contribution in [0, 0.1) is 0 Å². The molecule has 2 aromatic rings. The lowest BCUT2D eigenvalue weighted by atomic mass is 10.2. The van der Waals surface area contributed by atoms with Crippen LogP contribution < -0.4 is 4.90 Å². The first-order valence-corrected chi connectivity index (χ1v) is 7.67. The molecule has 110 valence electrons. The molecule has 0 atom stereocenters. The fourth-order valence-corrected chi connectivity index (χ4v) is 2.70. The summed E-state index contributed by atoms with van der Waals surface area (Å²) in [6.45, 7) is 4.84. The zero-order valence-corrected chi connectivity index (χ0v) is 13.1. The lowest BCUT2D eigenvalue weighted by Gasteiger charge is -2.35. The van der Waals surface area contributed by atoms with Crippen LogP contribution in [0.25, 0.3) is 0 Å². The number of benzene rings is 1. The third-order valence-electron chi connectivity index (χ3n) is 3.64. The van der Waals surface area contributed by atoms with Gasteiger partial charge in [-0.3, -0.25) is 4.90 Å². The second-order valence-corrected chi connectivity index (χ2v) is 5.91. The minimum absolute atomic E-state index is 0.436. The number of nitrogens with zero attached hydrogens (tertiary/aromatic N) is 4. The molecule has 0 saturated carbocycles. The summed E-state index contributed by atoms with van der Waals surface area (Å²) in [4.78, 5) is 4.75. The smallest absolute Gasteiger partial charge is 0.151 e. The van der Waals surface area contributed by atoms with Gasteiger partial charge in [-0.1, -0.05) is 23.2 Å². The Morgan fingerprint density at radius 1 is 0.857 bits per heavy atom. The van der Waals surface area contributed by atoms with Gasteiger partial charge in [0.1, 0.15) is 0 Å². The van der Waals surface area contributed by atoms with Gasteiger partial charge < -0.3 is 4.90 Å². The predicted octanol–water partition coefficient (Wildman–Crippen LogP) is 3.11. The Morgan fingerprint density at radius 2 is 1.57 bits per heavy atom. The van der Waals surface area contributed by atoms with Crippen molar-refractivity contribution in [3.05, 3.63) is 52.3 Å². The van der Waals surface area contributed by atoms with Crippen molar-refractivity contribution in [1.29, 1.82) is 0 Å². The maximum atomic E-state index is 5.93. The standard InChI is InChI=1S/C15H16Cl2N4/c16-12-1-4-14(5-2-12)21-9-7-20(8-10-21)11-13-3-6-15(17)19-18-13/h1-6H,7-11H2. The number of aromatic nitrogens is 2. The van der Waals surface area contributed by atoms with Crippen molar-refractivity contribution in [1.82, 2.24) is 15.1 Å². The van der Waals surface area contributed by atoms with Crippen molar-refractivity contribution in [3.8, 4) is 0 Å². The first kappa shape index (κ1) is 14.6. The highest BCUT2D eigenvalue weighted by molar-refractivity contribution is 6.30. The van der Waals surface area contributed by atoms with Crippen LogP contribution in [0.1, 0.15) is 5.69 Å². The molecule has 1 aliphatic heterocycles. The molecular weight excluding hydrogens is 307 g/mol. The van der Waals surface area contributed by atoms with E-state index in [0.717, 1.165) is 43.4 Å². The van der Waals surface area contributed by atoms with Gasteiger partial charge in [0.15, 0.2) is 5.15 Å². The minimum atomic E-state index is 0.436. The summed E-state index contributed by atoms with van der Waals surface area (Å²) in [6.07, 6.45) is 0. The lowest BCUT2D eigenvalue weighted by molar-refractivity contribution is 0.246. The molecule has 3 rings (SSSR count). The van der Waals surface area contributed by atoms with E-state index in [1.54, 1.807) is 6.07 Å². The second-order valence-electron chi connectivity index (χ2n) is 5.09. The molecule has 0 bridgehead atoms. The fraction of sp³-hybridized carbons (Fsp3) is 0.333. The number of anilines is 1. The molecule has 1 saturated heterocycles. The zero-order chi connectivity index (χ0) is 14.7. The van der Waals surface area contributed by atoms with Crippen molar-refractivity contribution in [2.75, 3.05) is 31.1 Å². The molecule has 0 amide bonds. The van der Waals surface area contributed by atoms with Crippen LogP contribution in [0.4, 0.5) is 5.69 Å². The van der Waals surface area contributed by atoms with E-state index in [0.29, 0.717) is 5.15 Å². The highest BCUT2D eigenvalue weighted by atomic mass is 35.5. The third kappa shape index (κ3) is 3.84. The van der Waals surface area contributed by atoms with E-state index < -0.39 is 0 Å². The normalized spacial score (nSPS) is 16.2. The van der Waals surface area contributed by atoms with Gasteiger partial charge >= 0.3 is 0 Å². The van der Waals surface area contributed by atoms with E-state index in [9.17, 15) is 0 Å². The van der Waals surface area contributed by atoms with E-state index >= 15 is 0 Å². The molecule has 1 aromatic heterocycles. The van der Waals surface area contributed by atoms with Crippen LogP contribution in [0.3, 0.4) is 0 Å². The summed E-state index contributed by atoms with van der Waals surface area (Å²) in [5.41, 5.74) is 2.18. The van der Waals surface area contributed by atoms with Gasteiger partial charge in [0.05, 0.1) is 5.69 Å². The molecule has 21 heavy (non-hydrogen) atoms. The van der Waals surface area contributed by atoms with Crippen LogP contribution in [0.2, 0.25) is 10.2 Å². The summed E-state index contributed by atoms with van der Waals surface area (Å²) in [5.74, 6) is 0. The summed E-state index contributed by atoms with van der Waals surface area (Å²) < 4.78 is 0. The Bertz CT molecular complexity index is 578. The average molecular weight is 323 g/mol. The Balaban J connectivity index is 1.55. The summed E-state index contributed by atoms with van der Waals surface area (Å²) >= 11 is 11.7. The van der Waals surface area contributed by atoms with E-state index in [1.807, 2.05) is 18.2 Å². The van der Waals surface area contributed by atoms with Gasteiger partial charge in [0.25, 0.3) is 0 Å².